The third-order valence-electron chi connectivity index (χ3n) is 2.59. The van der Waals surface area contributed by atoms with Gasteiger partial charge in [-0.2, -0.15) is 0 Å². The fourth-order valence-electron chi connectivity index (χ4n) is 1.57. The van der Waals surface area contributed by atoms with Gasteiger partial charge in [0.05, 0.1) is 13.2 Å². The number of nitrogens with one attached hydrogen (secondary N) is 2. The molecule has 1 aromatic rings. The lowest BCUT2D eigenvalue weighted by Crippen LogP contribution is -2.43. The van der Waals surface area contributed by atoms with Crippen molar-refractivity contribution in [2.75, 3.05) is 7.11 Å². The highest BCUT2D eigenvalue weighted by atomic mass is 16.5. The van der Waals surface area contributed by atoms with Crippen molar-refractivity contribution in [1.29, 1.82) is 0 Å². The maximum absolute atomic E-state index is 11.6. The Balaban J connectivity index is 2.60. The van der Waals surface area contributed by atoms with E-state index in [1.165, 1.54) is 0 Å². The van der Waals surface area contributed by atoms with Crippen LogP contribution in [0.2, 0.25) is 0 Å². The Hall–Kier alpha value is -2.04. The molecule has 0 aliphatic carbocycles. The molecule has 0 aromatic heterocycles. The predicted octanol–water partition coefficient (Wildman–Crippen LogP) is 1.40. The van der Waals surface area contributed by atoms with Gasteiger partial charge in [0.15, 0.2) is 0 Å². The maximum Gasteiger partial charge on any atom is 0.309 e. The van der Waals surface area contributed by atoms with Crippen molar-refractivity contribution in [3.63, 3.8) is 0 Å². The van der Waals surface area contributed by atoms with Gasteiger partial charge in [-0.05, 0) is 38.5 Å². The normalized spacial score (nSPS) is 11.8. The lowest BCUT2D eigenvalue weighted by molar-refractivity contribution is -0.139. The minimum atomic E-state index is -0.628. The van der Waals surface area contributed by atoms with E-state index in [0.717, 1.165) is 11.3 Å². The average molecular weight is 264 g/mol. The molecule has 1 atom stereocenters. The summed E-state index contributed by atoms with van der Waals surface area (Å²) in [6.45, 7) is 5.43. The van der Waals surface area contributed by atoms with Crippen LogP contribution in [0.3, 0.4) is 0 Å². The first-order valence-corrected chi connectivity index (χ1v) is 6.19. The second kappa shape index (κ2) is 6.78. The molecule has 104 valence electrons. The van der Waals surface area contributed by atoms with E-state index in [0.29, 0.717) is 0 Å². The number of amides is 2. The van der Waals surface area contributed by atoms with E-state index >= 15 is 0 Å². The largest absolute Gasteiger partial charge is 0.497 e. The van der Waals surface area contributed by atoms with Gasteiger partial charge in [-0.25, -0.2) is 0 Å². The summed E-state index contributed by atoms with van der Waals surface area (Å²) in [5.74, 6) is -0.493. The minimum absolute atomic E-state index is 0.0606. The Morgan fingerprint density at radius 1 is 1.00 bits per heavy atom. The Labute approximate surface area is 113 Å². The number of hydrogen-bond donors (Lipinski definition) is 2. The second-order valence-corrected chi connectivity index (χ2v) is 4.60. The molecule has 0 radical (unpaired) electrons. The van der Waals surface area contributed by atoms with Crippen molar-refractivity contribution in [2.45, 2.75) is 32.9 Å². The van der Waals surface area contributed by atoms with E-state index in [-0.39, 0.29) is 12.1 Å². The van der Waals surface area contributed by atoms with Crippen molar-refractivity contribution in [3.8, 4) is 5.75 Å². The molecule has 0 fully saturated rings. The van der Waals surface area contributed by atoms with Crippen LogP contribution in [0.1, 0.15) is 32.4 Å². The summed E-state index contributed by atoms with van der Waals surface area (Å²) in [5, 5.41) is 5.19. The van der Waals surface area contributed by atoms with Crippen LogP contribution in [0.5, 0.6) is 5.75 Å². The Morgan fingerprint density at radius 2 is 1.53 bits per heavy atom. The summed E-state index contributed by atoms with van der Waals surface area (Å²) in [6.07, 6.45) is 0. The summed E-state index contributed by atoms with van der Waals surface area (Å²) in [6, 6.07) is 7.03. The van der Waals surface area contributed by atoms with E-state index in [9.17, 15) is 9.59 Å². The molecular weight excluding hydrogens is 244 g/mol. The van der Waals surface area contributed by atoms with E-state index in [1.54, 1.807) is 21.0 Å². The Morgan fingerprint density at radius 3 is 2.00 bits per heavy atom. The molecule has 5 heteroatoms. The monoisotopic (exact) mass is 264 g/mol. The van der Waals surface area contributed by atoms with Crippen LogP contribution in [-0.2, 0) is 9.59 Å². The number of hydrogen-bond acceptors (Lipinski definition) is 3. The molecule has 0 unspecified atom stereocenters. The molecule has 0 heterocycles. The minimum Gasteiger partial charge on any atom is -0.497 e. The molecule has 0 saturated heterocycles. The summed E-state index contributed by atoms with van der Waals surface area (Å²) in [7, 11) is 1.59. The van der Waals surface area contributed by atoms with Crippen molar-refractivity contribution in [3.05, 3.63) is 29.8 Å². The van der Waals surface area contributed by atoms with Crippen LogP contribution < -0.4 is 15.4 Å². The number of carbonyl (C=O) groups is 2. The molecule has 0 aliphatic heterocycles. The van der Waals surface area contributed by atoms with Gasteiger partial charge < -0.3 is 15.4 Å². The molecule has 1 aromatic carbocycles. The topological polar surface area (TPSA) is 67.4 Å². The van der Waals surface area contributed by atoms with Crippen molar-refractivity contribution >= 4 is 11.8 Å². The second-order valence-electron chi connectivity index (χ2n) is 4.60. The first-order chi connectivity index (χ1) is 8.93. The number of carbonyl (C=O) groups excluding carboxylic acids is 2. The van der Waals surface area contributed by atoms with E-state index in [2.05, 4.69) is 10.6 Å². The molecule has 0 aliphatic rings. The number of methoxy groups -OCH3 is 1. The summed E-state index contributed by atoms with van der Waals surface area (Å²) >= 11 is 0. The van der Waals surface area contributed by atoms with E-state index in [1.807, 2.05) is 31.2 Å². The van der Waals surface area contributed by atoms with Gasteiger partial charge in [0.1, 0.15) is 5.75 Å². The molecule has 0 bridgehead atoms. The van der Waals surface area contributed by atoms with Crippen molar-refractivity contribution in [1.82, 2.24) is 10.6 Å². The van der Waals surface area contributed by atoms with Gasteiger partial charge >= 0.3 is 11.8 Å². The molecular formula is C14H20N2O3. The van der Waals surface area contributed by atoms with Crippen molar-refractivity contribution < 1.29 is 14.3 Å². The molecule has 1 rings (SSSR count). The zero-order valence-electron chi connectivity index (χ0n) is 11.7. The van der Waals surface area contributed by atoms with Gasteiger partial charge in [0.25, 0.3) is 0 Å². The molecule has 2 N–H and O–H groups in total. The van der Waals surface area contributed by atoms with E-state index < -0.39 is 11.8 Å². The third kappa shape index (κ3) is 4.62. The first-order valence-electron chi connectivity index (χ1n) is 6.19. The van der Waals surface area contributed by atoms with Gasteiger partial charge in [0, 0.05) is 6.04 Å². The summed E-state index contributed by atoms with van der Waals surface area (Å²) in [4.78, 5) is 23.1. The fourth-order valence-corrected chi connectivity index (χ4v) is 1.57. The van der Waals surface area contributed by atoms with Gasteiger partial charge in [0.2, 0.25) is 0 Å². The molecule has 19 heavy (non-hydrogen) atoms. The predicted molar refractivity (Wildman–Crippen MR) is 72.8 cm³/mol. The number of ether oxygens (including phenoxy) is 1. The summed E-state index contributed by atoms with van der Waals surface area (Å²) < 4.78 is 5.06. The molecule has 0 spiro atoms. The van der Waals surface area contributed by atoms with Crippen LogP contribution in [-0.4, -0.2) is 25.0 Å². The lowest BCUT2D eigenvalue weighted by Gasteiger charge is -2.15. The number of rotatable bonds is 4. The summed E-state index contributed by atoms with van der Waals surface area (Å²) in [5.41, 5.74) is 0.909. The van der Waals surface area contributed by atoms with Crippen LogP contribution in [0.25, 0.3) is 0 Å². The smallest absolute Gasteiger partial charge is 0.309 e. The number of benzene rings is 1. The van der Waals surface area contributed by atoms with Gasteiger partial charge in [-0.1, -0.05) is 12.1 Å². The van der Waals surface area contributed by atoms with Crippen LogP contribution >= 0.6 is 0 Å². The average Bonchev–Trinajstić information content (AvgIpc) is 2.37. The van der Waals surface area contributed by atoms with Crippen LogP contribution in [0.15, 0.2) is 24.3 Å². The lowest BCUT2D eigenvalue weighted by atomic mass is 10.1. The SMILES string of the molecule is COc1ccc([C@H](C)NC(=O)C(=O)NC(C)C)cc1. The molecule has 5 nitrogen and oxygen atoms in total. The highest BCUT2D eigenvalue weighted by molar-refractivity contribution is 6.35. The van der Waals surface area contributed by atoms with Crippen molar-refractivity contribution in [2.24, 2.45) is 0 Å². The van der Waals surface area contributed by atoms with Gasteiger partial charge in [-0.15, -0.1) is 0 Å². The zero-order valence-corrected chi connectivity index (χ0v) is 11.7. The van der Waals surface area contributed by atoms with Gasteiger partial charge in [-0.3, -0.25) is 9.59 Å². The maximum atomic E-state index is 11.6. The van der Waals surface area contributed by atoms with Crippen LogP contribution in [0.4, 0.5) is 0 Å². The Kier molecular flexibility index (Phi) is 5.36. The Bertz CT molecular complexity index is 441. The molecule has 0 saturated carbocycles. The molecule has 2 amide bonds. The zero-order chi connectivity index (χ0) is 14.4. The quantitative estimate of drug-likeness (QED) is 0.808. The van der Waals surface area contributed by atoms with Crippen LogP contribution in [0, 0.1) is 0 Å². The third-order valence-corrected chi connectivity index (χ3v) is 2.59. The van der Waals surface area contributed by atoms with E-state index in [4.69, 9.17) is 4.74 Å². The first kappa shape index (κ1) is 15.0. The fraction of sp³-hybridized carbons (Fsp3) is 0.429. The standard InChI is InChI=1S/C14H20N2O3/c1-9(2)15-13(17)14(18)16-10(3)11-5-7-12(19-4)8-6-11/h5-10H,1-4H3,(H,15,17)(H,16,18)/t10-/m0/s1. The highest BCUT2D eigenvalue weighted by Crippen LogP contribution is 2.16. The highest BCUT2D eigenvalue weighted by Gasteiger charge is 2.17.